The highest BCUT2D eigenvalue weighted by atomic mass is 35.5. The maximum absolute atomic E-state index is 13.2. The van der Waals surface area contributed by atoms with Crippen molar-refractivity contribution in [3.8, 4) is 0 Å². The Morgan fingerprint density at radius 1 is 1.13 bits per heavy atom. The van der Waals surface area contributed by atoms with Crippen LogP contribution in [0.4, 0.5) is 5.13 Å². The maximum atomic E-state index is 13.2. The number of thiophene rings is 1. The van der Waals surface area contributed by atoms with E-state index in [-0.39, 0.29) is 24.0 Å². The Morgan fingerprint density at radius 2 is 1.97 bits per heavy atom. The van der Waals surface area contributed by atoms with E-state index in [1.807, 2.05) is 41.1 Å². The van der Waals surface area contributed by atoms with Crippen molar-refractivity contribution in [3.63, 3.8) is 0 Å². The minimum atomic E-state index is -0.149. The van der Waals surface area contributed by atoms with Gasteiger partial charge in [0.2, 0.25) is 11.0 Å². The third-order valence-corrected chi connectivity index (χ3v) is 8.55. The molecule has 0 saturated carbocycles. The number of Topliss-reactive ketones (excluding diaryl/α,β-unsaturated/α-hetero) is 1. The lowest BCUT2D eigenvalue weighted by Gasteiger charge is -2.36. The van der Waals surface area contributed by atoms with Crippen LogP contribution >= 0.6 is 46.0 Å². The van der Waals surface area contributed by atoms with Gasteiger partial charge in [-0.05, 0) is 52.9 Å². The van der Waals surface area contributed by atoms with Crippen molar-refractivity contribution in [2.75, 3.05) is 4.90 Å². The maximum Gasteiger partial charge on any atom is 0.234 e. The number of rotatable bonds is 5. The topological polar surface area (TPSA) is 63.2 Å². The monoisotopic (exact) mass is 487 g/mol. The summed E-state index contributed by atoms with van der Waals surface area (Å²) in [5.41, 5.74) is 3.79. The standard InChI is InChI=1S/C22H18ClN3O2S3/c23-15-6-4-13(5-7-15)11-30-22-25-24-21(31-22)26-17-2-1-3-18(27)20(17)16(10-19(26)28)14-8-9-29-12-14/h4-9,12,16H,1-3,10-11H2/t16-/m1/s1. The van der Waals surface area contributed by atoms with Crippen molar-refractivity contribution in [1.29, 1.82) is 0 Å². The smallest absolute Gasteiger partial charge is 0.234 e. The summed E-state index contributed by atoms with van der Waals surface area (Å²) in [4.78, 5) is 27.7. The molecule has 31 heavy (non-hydrogen) atoms. The molecule has 1 amide bonds. The highest BCUT2D eigenvalue weighted by molar-refractivity contribution is 8.00. The molecule has 2 aromatic heterocycles. The second kappa shape index (κ2) is 8.86. The van der Waals surface area contributed by atoms with Crippen LogP contribution in [-0.4, -0.2) is 21.9 Å². The number of hydrogen-bond donors (Lipinski definition) is 0. The molecule has 2 aliphatic rings. The number of amides is 1. The summed E-state index contributed by atoms with van der Waals surface area (Å²) in [6, 6.07) is 9.73. The van der Waals surface area contributed by atoms with Crippen LogP contribution in [0.15, 0.2) is 56.7 Å². The SMILES string of the molecule is O=C1CCCC2=C1[C@@H](c1ccsc1)CC(=O)N2c1nnc(SCc2ccc(Cl)cc2)s1. The van der Waals surface area contributed by atoms with Gasteiger partial charge in [-0.3, -0.25) is 14.5 Å². The molecule has 158 valence electrons. The van der Waals surface area contributed by atoms with Gasteiger partial charge in [-0.2, -0.15) is 11.3 Å². The number of ketones is 1. The molecule has 1 aliphatic heterocycles. The Hall–Kier alpha value is -2.00. The van der Waals surface area contributed by atoms with Crippen molar-refractivity contribution in [2.45, 2.75) is 41.7 Å². The molecule has 1 aliphatic carbocycles. The number of carbonyl (C=O) groups excluding carboxylic acids is 2. The molecular formula is C22H18ClN3O2S3. The average molecular weight is 488 g/mol. The number of halogens is 1. The molecule has 5 nitrogen and oxygen atoms in total. The fourth-order valence-corrected chi connectivity index (χ4v) is 6.73. The lowest BCUT2D eigenvalue weighted by Crippen LogP contribution is -2.40. The summed E-state index contributed by atoms with van der Waals surface area (Å²) in [6.07, 6.45) is 2.29. The predicted octanol–water partition coefficient (Wildman–Crippen LogP) is 6.07. The van der Waals surface area contributed by atoms with Gasteiger partial charge < -0.3 is 0 Å². The number of allylic oxidation sites excluding steroid dienone is 2. The zero-order chi connectivity index (χ0) is 21.4. The van der Waals surface area contributed by atoms with Gasteiger partial charge in [0.25, 0.3) is 0 Å². The molecule has 3 aromatic rings. The lowest BCUT2D eigenvalue weighted by molar-refractivity contribution is -0.119. The van der Waals surface area contributed by atoms with E-state index in [4.69, 9.17) is 11.6 Å². The fourth-order valence-electron chi connectivity index (χ4n) is 4.05. The first-order valence-electron chi connectivity index (χ1n) is 9.92. The zero-order valence-corrected chi connectivity index (χ0v) is 19.6. The van der Waals surface area contributed by atoms with Crippen LogP contribution in [-0.2, 0) is 15.3 Å². The Bertz CT molecular complexity index is 1160. The molecule has 0 radical (unpaired) electrons. The fraction of sp³-hybridized carbons (Fsp3) is 0.273. The molecular weight excluding hydrogens is 470 g/mol. The van der Waals surface area contributed by atoms with Gasteiger partial charge in [0.15, 0.2) is 10.1 Å². The number of aromatic nitrogens is 2. The molecule has 0 unspecified atom stereocenters. The number of benzene rings is 1. The Balaban J connectivity index is 1.42. The van der Waals surface area contributed by atoms with E-state index >= 15 is 0 Å². The third kappa shape index (κ3) is 4.22. The summed E-state index contributed by atoms with van der Waals surface area (Å²) in [5, 5.41) is 13.9. The van der Waals surface area contributed by atoms with Crippen LogP contribution in [0.1, 0.15) is 42.7 Å². The van der Waals surface area contributed by atoms with Crippen LogP contribution in [0.3, 0.4) is 0 Å². The van der Waals surface area contributed by atoms with Crippen LogP contribution in [0.2, 0.25) is 5.02 Å². The summed E-state index contributed by atoms with van der Waals surface area (Å²) in [6.45, 7) is 0. The van der Waals surface area contributed by atoms with Crippen molar-refractivity contribution >= 4 is 62.9 Å². The molecule has 0 bridgehead atoms. The van der Waals surface area contributed by atoms with E-state index in [1.54, 1.807) is 28.0 Å². The number of nitrogens with zero attached hydrogens (tertiary/aromatic N) is 3. The molecule has 5 rings (SSSR count). The van der Waals surface area contributed by atoms with E-state index < -0.39 is 0 Å². The molecule has 1 aromatic carbocycles. The van der Waals surface area contributed by atoms with E-state index in [0.29, 0.717) is 23.0 Å². The van der Waals surface area contributed by atoms with Gasteiger partial charge in [-0.25, -0.2) is 0 Å². The molecule has 3 heterocycles. The third-order valence-electron chi connectivity index (χ3n) is 5.48. The van der Waals surface area contributed by atoms with Crippen molar-refractivity contribution < 1.29 is 9.59 Å². The molecule has 0 N–H and O–H groups in total. The van der Waals surface area contributed by atoms with Crippen molar-refractivity contribution in [1.82, 2.24) is 10.2 Å². The van der Waals surface area contributed by atoms with Gasteiger partial charge in [0, 0.05) is 40.8 Å². The van der Waals surface area contributed by atoms with Gasteiger partial charge >= 0.3 is 0 Å². The highest BCUT2D eigenvalue weighted by Gasteiger charge is 2.41. The number of carbonyl (C=O) groups is 2. The number of thioether (sulfide) groups is 1. The highest BCUT2D eigenvalue weighted by Crippen LogP contribution is 2.44. The lowest BCUT2D eigenvalue weighted by atomic mass is 9.78. The Labute approximate surface area is 197 Å². The molecule has 0 fully saturated rings. The zero-order valence-electron chi connectivity index (χ0n) is 16.4. The van der Waals surface area contributed by atoms with Gasteiger partial charge in [-0.1, -0.05) is 46.8 Å². The normalized spacial score (nSPS) is 19.1. The second-order valence-electron chi connectivity index (χ2n) is 7.45. The quantitative estimate of drug-likeness (QED) is 0.322. The predicted molar refractivity (Wildman–Crippen MR) is 126 cm³/mol. The molecule has 0 saturated heterocycles. The first-order valence-corrected chi connectivity index (χ1v) is 13.0. The summed E-state index contributed by atoms with van der Waals surface area (Å²) < 4.78 is 0.794. The van der Waals surface area contributed by atoms with Crippen LogP contribution in [0, 0.1) is 0 Å². The number of anilines is 1. The second-order valence-corrected chi connectivity index (χ2v) is 10.8. The molecule has 1 atom stereocenters. The van der Waals surface area contributed by atoms with Crippen LogP contribution in [0.5, 0.6) is 0 Å². The summed E-state index contributed by atoms with van der Waals surface area (Å²) in [7, 11) is 0. The first kappa shape index (κ1) is 20.9. The van der Waals surface area contributed by atoms with Crippen LogP contribution in [0.25, 0.3) is 0 Å². The first-order chi connectivity index (χ1) is 15.1. The van der Waals surface area contributed by atoms with Gasteiger partial charge in [0.05, 0.1) is 0 Å². The summed E-state index contributed by atoms with van der Waals surface area (Å²) in [5.74, 6) is 0.725. The average Bonchev–Trinajstić information content (AvgIpc) is 3.45. The van der Waals surface area contributed by atoms with Gasteiger partial charge in [-0.15, -0.1) is 10.2 Å². The Kier molecular flexibility index (Phi) is 5.97. The van der Waals surface area contributed by atoms with Crippen LogP contribution < -0.4 is 4.90 Å². The van der Waals surface area contributed by atoms with E-state index in [1.165, 1.54) is 11.3 Å². The molecule has 0 spiro atoms. The van der Waals surface area contributed by atoms with E-state index in [9.17, 15) is 9.59 Å². The summed E-state index contributed by atoms with van der Waals surface area (Å²) >= 11 is 10.5. The Morgan fingerprint density at radius 3 is 2.74 bits per heavy atom. The largest absolute Gasteiger partial charge is 0.294 e. The van der Waals surface area contributed by atoms with E-state index in [2.05, 4.69) is 10.2 Å². The van der Waals surface area contributed by atoms with Crippen molar-refractivity contribution in [3.05, 3.63) is 68.5 Å². The number of hydrogen-bond acceptors (Lipinski definition) is 7. The van der Waals surface area contributed by atoms with Gasteiger partial charge in [0.1, 0.15) is 0 Å². The minimum Gasteiger partial charge on any atom is -0.294 e. The van der Waals surface area contributed by atoms with E-state index in [0.717, 1.165) is 38.9 Å². The van der Waals surface area contributed by atoms with Crippen molar-refractivity contribution in [2.24, 2.45) is 0 Å². The molecule has 9 heteroatoms. The minimum absolute atomic E-state index is 0.0185.